The van der Waals surface area contributed by atoms with Crippen LogP contribution in [0.25, 0.3) is 11.3 Å². The maximum Gasteiger partial charge on any atom is 0.251 e. The number of anilines is 1. The van der Waals surface area contributed by atoms with Gasteiger partial charge >= 0.3 is 0 Å². The molecule has 2 aromatic carbocycles. The Bertz CT molecular complexity index is 1050. The summed E-state index contributed by atoms with van der Waals surface area (Å²) in [5, 5.41) is 7.01. The first-order valence-electron chi connectivity index (χ1n) is 8.50. The lowest BCUT2D eigenvalue weighted by atomic mass is 10.1. The zero-order chi connectivity index (χ0) is 21.0. The number of rotatable bonds is 6. The Hall–Kier alpha value is -3.33. The van der Waals surface area contributed by atoms with Crippen LogP contribution >= 0.6 is 11.3 Å². The van der Waals surface area contributed by atoms with Crippen molar-refractivity contribution in [1.29, 1.82) is 0 Å². The Morgan fingerprint density at radius 3 is 2.55 bits per heavy atom. The molecule has 3 rings (SSSR count). The van der Waals surface area contributed by atoms with E-state index in [0.717, 1.165) is 23.3 Å². The third-order valence-corrected chi connectivity index (χ3v) is 4.67. The highest BCUT2D eigenvalue weighted by Gasteiger charge is 2.14. The molecule has 0 atom stereocenters. The third kappa shape index (κ3) is 5.14. The molecule has 3 aromatic rings. The maximum absolute atomic E-state index is 13.2. The third-order valence-electron chi connectivity index (χ3n) is 3.92. The van der Waals surface area contributed by atoms with E-state index in [1.54, 1.807) is 12.5 Å². The molecular formula is C20H17F2N3O3S. The van der Waals surface area contributed by atoms with Gasteiger partial charge in [-0.3, -0.25) is 9.59 Å². The predicted molar refractivity (Wildman–Crippen MR) is 106 cm³/mol. The minimum Gasteiger partial charge on any atom is -0.496 e. The normalized spacial score (nSPS) is 10.5. The minimum absolute atomic E-state index is 0.210. The summed E-state index contributed by atoms with van der Waals surface area (Å²) in [7, 11) is 1.57. The number of carbonyl (C=O) groups is 2. The number of hydrogen-bond donors (Lipinski definition) is 2. The number of nitrogens with zero attached hydrogens (tertiary/aromatic N) is 1. The van der Waals surface area contributed by atoms with Crippen LogP contribution in [0.3, 0.4) is 0 Å². The number of amides is 2. The van der Waals surface area contributed by atoms with Crippen molar-refractivity contribution in [3.63, 3.8) is 0 Å². The largest absolute Gasteiger partial charge is 0.496 e. The van der Waals surface area contributed by atoms with Gasteiger partial charge in [0.1, 0.15) is 17.4 Å². The summed E-state index contributed by atoms with van der Waals surface area (Å²) in [4.78, 5) is 28.4. The highest BCUT2D eigenvalue weighted by molar-refractivity contribution is 7.14. The Morgan fingerprint density at radius 2 is 1.86 bits per heavy atom. The lowest BCUT2D eigenvalue weighted by molar-refractivity contribution is -0.115. The standard InChI is InChI=1S/C20H17F2N3O3S/c1-11-3-4-17(28-2)15(5-11)16-10-29-20(24-16)25-18(26)9-23-19(27)12-6-13(21)8-14(22)7-12/h3-8,10H,9H2,1-2H3,(H,23,27)(H,24,25,26). The van der Waals surface area contributed by atoms with Crippen LogP contribution in [0.5, 0.6) is 5.75 Å². The topological polar surface area (TPSA) is 80.3 Å². The van der Waals surface area contributed by atoms with Crippen molar-refractivity contribution < 1.29 is 23.1 Å². The summed E-state index contributed by atoms with van der Waals surface area (Å²) < 4.78 is 31.7. The minimum atomic E-state index is -0.874. The average Bonchev–Trinajstić information content (AvgIpc) is 3.13. The molecule has 0 saturated carbocycles. The van der Waals surface area contributed by atoms with Gasteiger partial charge in [-0.1, -0.05) is 11.6 Å². The molecule has 0 aliphatic rings. The summed E-state index contributed by atoms with van der Waals surface area (Å²) >= 11 is 1.22. The SMILES string of the molecule is COc1ccc(C)cc1-c1csc(NC(=O)CNC(=O)c2cc(F)cc(F)c2)n1. The van der Waals surface area contributed by atoms with Crippen LogP contribution in [0.2, 0.25) is 0 Å². The first kappa shape index (κ1) is 20.4. The van der Waals surface area contributed by atoms with Crippen LogP contribution in [-0.2, 0) is 4.79 Å². The molecule has 0 aliphatic heterocycles. The molecule has 29 heavy (non-hydrogen) atoms. The van der Waals surface area contributed by atoms with Crippen LogP contribution in [0.1, 0.15) is 15.9 Å². The van der Waals surface area contributed by atoms with E-state index in [-0.39, 0.29) is 12.1 Å². The summed E-state index contributed by atoms with van der Waals surface area (Å²) in [6.45, 7) is 1.57. The van der Waals surface area contributed by atoms with Gasteiger partial charge < -0.3 is 15.4 Å². The fourth-order valence-corrected chi connectivity index (χ4v) is 3.31. The van der Waals surface area contributed by atoms with E-state index in [1.807, 2.05) is 25.1 Å². The smallest absolute Gasteiger partial charge is 0.251 e. The fourth-order valence-electron chi connectivity index (χ4n) is 2.59. The van der Waals surface area contributed by atoms with Crippen LogP contribution < -0.4 is 15.4 Å². The number of thiazole rings is 1. The molecule has 2 N–H and O–H groups in total. The number of aryl methyl sites for hydroxylation is 1. The van der Waals surface area contributed by atoms with E-state index < -0.39 is 23.4 Å². The fraction of sp³-hybridized carbons (Fsp3) is 0.150. The van der Waals surface area contributed by atoms with Crippen molar-refractivity contribution in [3.8, 4) is 17.0 Å². The molecule has 2 amide bonds. The quantitative estimate of drug-likeness (QED) is 0.640. The molecule has 0 fully saturated rings. The highest BCUT2D eigenvalue weighted by Crippen LogP contribution is 2.32. The van der Waals surface area contributed by atoms with E-state index in [1.165, 1.54) is 11.3 Å². The highest BCUT2D eigenvalue weighted by atomic mass is 32.1. The van der Waals surface area contributed by atoms with Gasteiger partial charge in [0.05, 0.1) is 19.3 Å². The number of nitrogens with one attached hydrogen (secondary N) is 2. The van der Waals surface area contributed by atoms with Gasteiger partial charge in [-0.2, -0.15) is 0 Å². The summed E-state index contributed by atoms with van der Waals surface area (Å²) in [6.07, 6.45) is 0. The number of hydrogen-bond acceptors (Lipinski definition) is 5. The van der Waals surface area contributed by atoms with Gasteiger partial charge in [-0.25, -0.2) is 13.8 Å². The molecule has 0 saturated heterocycles. The summed E-state index contributed by atoms with van der Waals surface area (Å²) in [5.41, 5.74) is 2.27. The molecule has 0 aliphatic carbocycles. The van der Waals surface area contributed by atoms with Crippen molar-refractivity contribution in [3.05, 3.63) is 64.5 Å². The molecular weight excluding hydrogens is 400 g/mol. The zero-order valence-electron chi connectivity index (χ0n) is 15.6. The molecule has 0 bridgehead atoms. The lowest BCUT2D eigenvalue weighted by Crippen LogP contribution is -2.32. The molecule has 1 aromatic heterocycles. The van der Waals surface area contributed by atoms with E-state index in [0.29, 0.717) is 22.6 Å². The second-order valence-electron chi connectivity index (χ2n) is 6.13. The second-order valence-corrected chi connectivity index (χ2v) is 6.99. The summed E-state index contributed by atoms with van der Waals surface area (Å²) in [6, 6.07) is 8.12. The summed E-state index contributed by atoms with van der Waals surface area (Å²) in [5.74, 6) is -2.37. The van der Waals surface area contributed by atoms with Crippen LogP contribution in [0.15, 0.2) is 41.8 Å². The van der Waals surface area contributed by atoms with Crippen molar-refractivity contribution in [2.45, 2.75) is 6.92 Å². The monoisotopic (exact) mass is 417 g/mol. The molecule has 6 nitrogen and oxygen atoms in total. The lowest BCUT2D eigenvalue weighted by Gasteiger charge is -2.07. The number of carbonyl (C=O) groups excluding carboxylic acids is 2. The first-order chi connectivity index (χ1) is 13.9. The maximum atomic E-state index is 13.2. The Labute approximate surface area is 169 Å². The van der Waals surface area contributed by atoms with Crippen molar-refractivity contribution in [2.75, 3.05) is 19.0 Å². The first-order valence-corrected chi connectivity index (χ1v) is 9.38. The molecule has 0 radical (unpaired) electrons. The molecule has 0 unspecified atom stereocenters. The van der Waals surface area contributed by atoms with Gasteiger partial charge in [0, 0.05) is 22.6 Å². The number of benzene rings is 2. The van der Waals surface area contributed by atoms with Crippen molar-refractivity contribution >= 4 is 28.3 Å². The Morgan fingerprint density at radius 1 is 1.14 bits per heavy atom. The van der Waals surface area contributed by atoms with E-state index in [2.05, 4.69) is 15.6 Å². The zero-order valence-corrected chi connectivity index (χ0v) is 16.4. The van der Waals surface area contributed by atoms with Gasteiger partial charge in [-0.05, 0) is 31.2 Å². The Kier molecular flexibility index (Phi) is 6.18. The van der Waals surface area contributed by atoms with Crippen LogP contribution in [0, 0.1) is 18.6 Å². The van der Waals surface area contributed by atoms with Gasteiger partial charge in [-0.15, -0.1) is 11.3 Å². The van der Waals surface area contributed by atoms with E-state index >= 15 is 0 Å². The van der Waals surface area contributed by atoms with Crippen LogP contribution in [0.4, 0.5) is 13.9 Å². The van der Waals surface area contributed by atoms with Crippen molar-refractivity contribution in [1.82, 2.24) is 10.3 Å². The van der Waals surface area contributed by atoms with E-state index in [4.69, 9.17) is 4.74 Å². The molecule has 9 heteroatoms. The Balaban J connectivity index is 1.62. The van der Waals surface area contributed by atoms with Gasteiger partial charge in [0.2, 0.25) is 5.91 Å². The number of methoxy groups -OCH3 is 1. The van der Waals surface area contributed by atoms with E-state index in [9.17, 15) is 18.4 Å². The second kappa shape index (κ2) is 8.78. The van der Waals surface area contributed by atoms with Crippen LogP contribution in [-0.4, -0.2) is 30.5 Å². The molecule has 1 heterocycles. The number of halogens is 2. The number of ether oxygens (including phenoxy) is 1. The van der Waals surface area contributed by atoms with Crippen molar-refractivity contribution in [2.24, 2.45) is 0 Å². The average molecular weight is 417 g/mol. The predicted octanol–water partition coefficient (Wildman–Crippen LogP) is 3.77. The molecule has 150 valence electrons. The molecule has 0 spiro atoms. The number of aromatic nitrogens is 1. The van der Waals surface area contributed by atoms with Gasteiger partial charge in [0.15, 0.2) is 5.13 Å². The van der Waals surface area contributed by atoms with Gasteiger partial charge in [0.25, 0.3) is 5.91 Å².